The van der Waals surface area contributed by atoms with Crippen LogP contribution in [0.5, 0.6) is 0 Å². The number of carbonyl (C=O) groups excluding carboxylic acids is 1. The standard InChI is InChI=1S/C21H34BNO4/c1-12-15(11-16(24)25-19(4,5)6)13(2)18(23)14(3)17(12)22-26-20(7,8)21(9,10)27-22/h11,23H2,1-10H3. The Hall–Kier alpha value is -1.53. The minimum atomic E-state index is -0.524. The van der Waals surface area contributed by atoms with Gasteiger partial charge in [0.25, 0.3) is 0 Å². The zero-order valence-corrected chi connectivity index (χ0v) is 18.5. The van der Waals surface area contributed by atoms with Crippen LogP contribution in [0.4, 0.5) is 5.69 Å². The monoisotopic (exact) mass is 375 g/mol. The Kier molecular flexibility index (Phi) is 5.50. The number of benzene rings is 1. The van der Waals surface area contributed by atoms with E-state index in [9.17, 15) is 4.79 Å². The molecular formula is C21H34BNO4. The number of rotatable bonds is 3. The summed E-state index contributed by atoms with van der Waals surface area (Å²) in [4.78, 5) is 12.4. The highest BCUT2D eigenvalue weighted by molar-refractivity contribution is 6.63. The molecule has 0 spiro atoms. The molecule has 6 heteroatoms. The van der Waals surface area contributed by atoms with E-state index in [0.717, 1.165) is 27.7 Å². The lowest BCUT2D eigenvalue weighted by Crippen LogP contribution is -2.41. The van der Waals surface area contributed by atoms with E-state index in [0.29, 0.717) is 5.69 Å². The van der Waals surface area contributed by atoms with E-state index in [1.54, 1.807) is 0 Å². The topological polar surface area (TPSA) is 70.8 Å². The molecule has 150 valence electrons. The molecule has 1 aliphatic heterocycles. The highest BCUT2D eigenvalue weighted by Crippen LogP contribution is 2.38. The predicted octanol–water partition coefficient (Wildman–Crippen LogP) is 3.38. The summed E-state index contributed by atoms with van der Waals surface area (Å²) in [6.07, 6.45) is 0.173. The summed E-state index contributed by atoms with van der Waals surface area (Å²) >= 11 is 0. The van der Waals surface area contributed by atoms with Crippen LogP contribution in [0.15, 0.2) is 0 Å². The molecule has 27 heavy (non-hydrogen) atoms. The van der Waals surface area contributed by atoms with Gasteiger partial charge in [-0.15, -0.1) is 0 Å². The molecule has 0 aromatic heterocycles. The Morgan fingerprint density at radius 2 is 1.48 bits per heavy atom. The summed E-state index contributed by atoms with van der Waals surface area (Å²) in [6.45, 7) is 19.6. The summed E-state index contributed by atoms with van der Waals surface area (Å²) in [6, 6.07) is 0. The van der Waals surface area contributed by atoms with Gasteiger partial charge in [-0.05, 0) is 97.0 Å². The first-order valence-corrected chi connectivity index (χ1v) is 9.53. The normalized spacial score (nSPS) is 18.7. The van der Waals surface area contributed by atoms with Crippen molar-refractivity contribution in [1.29, 1.82) is 0 Å². The fourth-order valence-corrected chi connectivity index (χ4v) is 3.42. The van der Waals surface area contributed by atoms with Crippen molar-refractivity contribution in [2.24, 2.45) is 0 Å². The Bertz CT molecular complexity index is 747. The molecule has 0 bridgehead atoms. The third-order valence-electron chi connectivity index (χ3n) is 5.75. The molecule has 0 saturated carbocycles. The molecule has 0 unspecified atom stereocenters. The highest BCUT2D eigenvalue weighted by atomic mass is 16.7. The van der Waals surface area contributed by atoms with Crippen LogP contribution in [0.2, 0.25) is 0 Å². The Labute approximate surface area is 164 Å². The van der Waals surface area contributed by atoms with Gasteiger partial charge in [-0.2, -0.15) is 0 Å². The van der Waals surface area contributed by atoms with Gasteiger partial charge in [0.05, 0.1) is 17.6 Å². The molecule has 1 heterocycles. The first-order chi connectivity index (χ1) is 12.1. The van der Waals surface area contributed by atoms with Gasteiger partial charge in [-0.1, -0.05) is 0 Å². The van der Waals surface area contributed by atoms with Gasteiger partial charge in [-0.25, -0.2) is 0 Å². The third kappa shape index (κ3) is 4.17. The van der Waals surface area contributed by atoms with Crippen molar-refractivity contribution in [2.45, 2.75) is 92.5 Å². The molecule has 2 N–H and O–H groups in total. The van der Waals surface area contributed by atoms with Gasteiger partial charge in [0.1, 0.15) is 5.60 Å². The second-order valence-electron chi connectivity index (χ2n) is 9.53. The molecule has 0 atom stereocenters. The zero-order chi connectivity index (χ0) is 20.9. The van der Waals surface area contributed by atoms with Crippen LogP contribution < -0.4 is 11.2 Å². The van der Waals surface area contributed by atoms with E-state index in [1.165, 1.54) is 0 Å². The zero-order valence-electron chi connectivity index (χ0n) is 18.5. The van der Waals surface area contributed by atoms with Crippen molar-refractivity contribution in [3.05, 3.63) is 22.3 Å². The summed E-state index contributed by atoms with van der Waals surface area (Å²) in [5.41, 5.74) is 10.3. The number of esters is 1. The molecule has 1 aromatic carbocycles. The molecule has 1 saturated heterocycles. The molecule has 1 aliphatic rings. The molecule has 0 amide bonds. The van der Waals surface area contributed by atoms with Gasteiger partial charge in [0, 0.05) is 5.69 Å². The summed E-state index contributed by atoms with van der Waals surface area (Å²) in [5, 5.41) is 0. The number of nitrogen functional groups attached to an aromatic ring is 1. The lowest BCUT2D eigenvalue weighted by atomic mass is 9.70. The van der Waals surface area contributed by atoms with Gasteiger partial charge in [0.2, 0.25) is 0 Å². The number of anilines is 1. The molecule has 5 nitrogen and oxygen atoms in total. The number of hydrogen-bond acceptors (Lipinski definition) is 5. The minimum Gasteiger partial charge on any atom is -0.460 e. The summed E-state index contributed by atoms with van der Waals surface area (Å²) in [5.74, 6) is -0.267. The fourth-order valence-electron chi connectivity index (χ4n) is 3.42. The van der Waals surface area contributed by atoms with Crippen LogP contribution >= 0.6 is 0 Å². The van der Waals surface area contributed by atoms with Crippen LogP contribution in [0.3, 0.4) is 0 Å². The van der Waals surface area contributed by atoms with Crippen molar-refractivity contribution in [3.63, 3.8) is 0 Å². The molecule has 0 aliphatic carbocycles. The second-order valence-corrected chi connectivity index (χ2v) is 9.53. The average molecular weight is 375 g/mol. The van der Waals surface area contributed by atoms with Crippen molar-refractivity contribution in [1.82, 2.24) is 0 Å². The lowest BCUT2D eigenvalue weighted by Gasteiger charge is -2.32. The maximum Gasteiger partial charge on any atom is 0.495 e. The third-order valence-corrected chi connectivity index (χ3v) is 5.75. The van der Waals surface area contributed by atoms with Crippen LogP contribution in [-0.4, -0.2) is 29.9 Å². The van der Waals surface area contributed by atoms with Crippen LogP contribution in [0.25, 0.3) is 0 Å². The Balaban J connectivity index is 2.49. The Morgan fingerprint density at radius 3 is 1.93 bits per heavy atom. The van der Waals surface area contributed by atoms with Gasteiger partial charge < -0.3 is 19.8 Å². The first kappa shape index (κ1) is 21.8. The largest absolute Gasteiger partial charge is 0.495 e. The summed E-state index contributed by atoms with van der Waals surface area (Å²) < 4.78 is 18.0. The van der Waals surface area contributed by atoms with Crippen molar-refractivity contribution in [3.8, 4) is 0 Å². The highest BCUT2D eigenvalue weighted by Gasteiger charge is 2.52. The summed E-state index contributed by atoms with van der Waals surface area (Å²) in [7, 11) is -0.518. The van der Waals surface area contributed by atoms with E-state index in [2.05, 4.69) is 0 Å². The molecule has 1 fully saturated rings. The van der Waals surface area contributed by atoms with Gasteiger partial charge in [0.15, 0.2) is 0 Å². The molecule has 2 rings (SSSR count). The lowest BCUT2D eigenvalue weighted by molar-refractivity contribution is -0.153. The fraction of sp³-hybridized carbons (Fsp3) is 0.667. The second kappa shape index (κ2) is 6.82. The van der Waals surface area contributed by atoms with E-state index in [-0.39, 0.29) is 12.4 Å². The van der Waals surface area contributed by atoms with Crippen molar-refractivity contribution >= 4 is 24.2 Å². The average Bonchev–Trinajstić information content (AvgIpc) is 2.68. The van der Waals surface area contributed by atoms with Crippen molar-refractivity contribution in [2.75, 3.05) is 5.73 Å². The molecule has 1 aromatic rings. The predicted molar refractivity (Wildman–Crippen MR) is 110 cm³/mol. The van der Waals surface area contributed by atoms with Crippen LogP contribution in [0.1, 0.15) is 70.7 Å². The molecular weight excluding hydrogens is 341 g/mol. The first-order valence-electron chi connectivity index (χ1n) is 9.53. The van der Waals surface area contributed by atoms with Crippen LogP contribution in [-0.2, 0) is 25.3 Å². The number of carbonyl (C=O) groups is 1. The Morgan fingerprint density at radius 1 is 1.00 bits per heavy atom. The quantitative estimate of drug-likeness (QED) is 0.498. The number of nitrogens with two attached hydrogens (primary N) is 1. The van der Waals surface area contributed by atoms with Gasteiger partial charge in [-0.3, -0.25) is 4.79 Å². The maximum atomic E-state index is 12.4. The van der Waals surface area contributed by atoms with E-state index in [1.807, 2.05) is 69.2 Å². The number of ether oxygens (including phenoxy) is 1. The smallest absolute Gasteiger partial charge is 0.460 e. The molecule has 0 radical (unpaired) electrons. The van der Waals surface area contributed by atoms with Crippen LogP contribution in [0, 0.1) is 20.8 Å². The van der Waals surface area contributed by atoms with E-state index >= 15 is 0 Å². The number of hydrogen-bond donors (Lipinski definition) is 1. The van der Waals surface area contributed by atoms with E-state index in [4.69, 9.17) is 19.8 Å². The van der Waals surface area contributed by atoms with Crippen molar-refractivity contribution < 1.29 is 18.8 Å². The SMILES string of the molecule is Cc1c(N)c(C)c(B2OC(C)(C)C(C)(C)O2)c(C)c1CC(=O)OC(C)(C)C. The van der Waals surface area contributed by atoms with E-state index < -0.39 is 23.9 Å². The van der Waals surface area contributed by atoms with Gasteiger partial charge >= 0.3 is 13.1 Å². The maximum absolute atomic E-state index is 12.4. The minimum absolute atomic E-state index is 0.173.